The molecule has 0 aliphatic rings. The standard InChI is InChI=1S/C17H29BrN2O4Si/c1-12-14(18)7-8-15(16(12)20(22)23)19-10-9-13(21)11-24-25(5,6)17(2,3)4/h7-8,13,19,21H,9-11H2,1-6H3/t13-/m0/s1. The van der Waals surface area contributed by atoms with Gasteiger partial charge in [-0.25, -0.2) is 0 Å². The van der Waals surface area contributed by atoms with Crippen molar-refractivity contribution in [2.75, 3.05) is 18.5 Å². The highest BCUT2D eigenvalue weighted by atomic mass is 79.9. The van der Waals surface area contributed by atoms with E-state index in [0.717, 1.165) is 0 Å². The summed E-state index contributed by atoms with van der Waals surface area (Å²) in [6, 6.07) is 3.45. The van der Waals surface area contributed by atoms with Crippen molar-refractivity contribution in [3.8, 4) is 0 Å². The van der Waals surface area contributed by atoms with Crippen molar-refractivity contribution in [1.29, 1.82) is 0 Å². The van der Waals surface area contributed by atoms with Crippen LogP contribution in [0.2, 0.25) is 18.1 Å². The van der Waals surface area contributed by atoms with E-state index in [-0.39, 0.29) is 15.6 Å². The number of hydrogen-bond donors (Lipinski definition) is 2. The number of hydrogen-bond acceptors (Lipinski definition) is 5. The molecule has 25 heavy (non-hydrogen) atoms. The van der Waals surface area contributed by atoms with Crippen molar-refractivity contribution in [3.05, 3.63) is 32.3 Å². The van der Waals surface area contributed by atoms with E-state index in [9.17, 15) is 15.2 Å². The lowest BCUT2D eigenvalue weighted by Crippen LogP contribution is -2.42. The molecule has 0 unspecified atom stereocenters. The molecule has 142 valence electrons. The van der Waals surface area contributed by atoms with Gasteiger partial charge in [0.1, 0.15) is 5.69 Å². The lowest BCUT2D eigenvalue weighted by atomic mass is 10.1. The molecule has 8 heteroatoms. The third kappa shape index (κ3) is 6.05. The van der Waals surface area contributed by atoms with E-state index < -0.39 is 14.4 Å². The number of nitrogens with zero attached hydrogens (tertiary/aromatic N) is 1. The van der Waals surface area contributed by atoms with Gasteiger partial charge in [0, 0.05) is 16.6 Å². The number of nitrogens with one attached hydrogen (secondary N) is 1. The number of rotatable bonds is 8. The van der Waals surface area contributed by atoms with Gasteiger partial charge in [0.25, 0.3) is 5.69 Å². The van der Waals surface area contributed by atoms with Crippen LogP contribution in [0.3, 0.4) is 0 Å². The van der Waals surface area contributed by atoms with Gasteiger partial charge < -0.3 is 14.8 Å². The Morgan fingerprint density at radius 1 is 1.40 bits per heavy atom. The molecule has 0 bridgehead atoms. The Kier molecular flexibility index (Phi) is 7.61. The van der Waals surface area contributed by atoms with Gasteiger partial charge in [-0.3, -0.25) is 10.1 Å². The van der Waals surface area contributed by atoms with E-state index in [1.807, 2.05) is 0 Å². The molecule has 0 radical (unpaired) electrons. The maximum atomic E-state index is 11.3. The Morgan fingerprint density at radius 3 is 2.52 bits per heavy atom. The van der Waals surface area contributed by atoms with Crippen molar-refractivity contribution >= 4 is 35.6 Å². The first kappa shape index (κ1) is 22.1. The summed E-state index contributed by atoms with van der Waals surface area (Å²) in [5, 5.41) is 24.6. The van der Waals surface area contributed by atoms with Gasteiger partial charge in [-0.1, -0.05) is 36.7 Å². The number of nitro groups is 1. The lowest BCUT2D eigenvalue weighted by molar-refractivity contribution is -0.384. The lowest BCUT2D eigenvalue weighted by Gasteiger charge is -2.36. The van der Waals surface area contributed by atoms with Crippen LogP contribution in [0.5, 0.6) is 0 Å². The van der Waals surface area contributed by atoms with Gasteiger partial charge in [-0.05, 0) is 43.6 Å². The molecule has 1 aromatic rings. The first-order chi connectivity index (χ1) is 11.4. The molecule has 1 aromatic carbocycles. The van der Waals surface area contributed by atoms with E-state index in [0.29, 0.717) is 35.3 Å². The second kappa shape index (κ2) is 8.61. The SMILES string of the molecule is Cc1c(Br)ccc(NCC[C@H](O)CO[Si](C)(C)C(C)(C)C)c1[N+](=O)[O-]. The zero-order chi connectivity index (χ0) is 19.4. The molecule has 2 N–H and O–H groups in total. The average Bonchev–Trinajstić information content (AvgIpc) is 2.47. The number of benzene rings is 1. The van der Waals surface area contributed by atoms with E-state index in [2.05, 4.69) is 55.1 Å². The Morgan fingerprint density at radius 2 is 2.00 bits per heavy atom. The molecule has 1 rings (SSSR count). The fraction of sp³-hybridized carbons (Fsp3) is 0.647. The van der Waals surface area contributed by atoms with E-state index in [4.69, 9.17) is 4.43 Å². The Bertz CT molecular complexity index is 617. The van der Waals surface area contributed by atoms with Gasteiger partial charge >= 0.3 is 0 Å². The average molecular weight is 433 g/mol. The van der Waals surface area contributed by atoms with Crippen molar-refractivity contribution < 1.29 is 14.5 Å². The molecule has 0 amide bonds. The summed E-state index contributed by atoms with van der Waals surface area (Å²) in [6.45, 7) is 13.2. The van der Waals surface area contributed by atoms with Crippen molar-refractivity contribution in [2.45, 2.75) is 58.4 Å². The van der Waals surface area contributed by atoms with Crippen LogP contribution in [-0.4, -0.2) is 37.6 Å². The summed E-state index contributed by atoms with van der Waals surface area (Å²) in [4.78, 5) is 10.9. The molecule has 0 spiro atoms. The molecule has 0 aliphatic heterocycles. The summed E-state index contributed by atoms with van der Waals surface area (Å²) in [6.07, 6.45) is -0.141. The van der Waals surface area contributed by atoms with Gasteiger partial charge in [-0.2, -0.15) is 0 Å². The minimum absolute atomic E-state index is 0.0568. The zero-order valence-electron chi connectivity index (χ0n) is 15.9. The molecular weight excluding hydrogens is 404 g/mol. The van der Waals surface area contributed by atoms with Crippen molar-refractivity contribution in [1.82, 2.24) is 0 Å². The predicted molar refractivity (Wildman–Crippen MR) is 108 cm³/mol. The topological polar surface area (TPSA) is 84.6 Å². The van der Waals surface area contributed by atoms with Crippen LogP contribution in [0.1, 0.15) is 32.8 Å². The molecule has 0 saturated heterocycles. The smallest absolute Gasteiger partial charge is 0.296 e. The highest BCUT2D eigenvalue weighted by molar-refractivity contribution is 9.10. The minimum Gasteiger partial charge on any atom is -0.414 e. The second-order valence-corrected chi connectivity index (χ2v) is 13.4. The highest BCUT2D eigenvalue weighted by Gasteiger charge is 2.37. The summed E-state index contributed by atoms with van der Waals surface area (Å²) in [7, 11) is -1.88. The van der Waals surface area contributed by atoms with Crippen LogP contribution in [0.15, 0.2) is 16.6 Å². The van der Waals surface area contributed by atoms with Crippen LogP contribution in [0, 0.1) is 17.0 Å². The maximum Gasteiger partial charge on any atom is 0.296 e. The predicted octanol–water partition coefficient (Wildman–Crippen LogP) is 4.85. The summed E-state index contributed by atoms with van der Waals surface area (Å²) in [5.74, 6) is 0. The number of aliphatic hydroxyl groups excluding tert-OH is 1. The largest absolute Gasteiger partial charge is 0.414 e. The highest BCUT2D eigenvalue weighted by Crippen LogP contribution is 2.36. The van der Waals surface area contributed by atoms with Gasteiger partial charge in [0.05, 0.1) is 17.6 Å². The van der Waals surface area contributed by atoms with Gasteiger partial charge in [-0.15, -0.1) is 0 Å². The molecule has 6 nitrogen and oxygen atoms in total. The molecule has 0 aromatic heterocycles. The monoisotopic (exact) mass is 432 g/mol. The zero-order valence-corrected chi connectivity index (χ0v) is 18.4. The Balaban J connectivity index is 2.58. The summed E-state index contributed by atoms with van der Waals surface area (Å²) < 4.78 is 6.70. The van der Waals surface area contributed by atoms with Crippen molar-refractivity contribution in [2.24, 2.45) is 0 Å². The normalized spacial score (nSPS) is 13.6. The van der Waals surface area contributed by atoms with Crippen LogP contribution < -0.4 is 5.32 Å². The number of aliphatic hydroxyl groups is 1. The third-order valence-electron chi connectivity index (χ3n) is 4.78. The molecule has 0 fully saturated rings. The number of nitro benzene ring substituents is 1. The fourth-order valence-corrected chi connectivity index (χ4v) is 3.39. The summed E-state index contributed by atoms with van der Waals surface area (Å²) >= 11 is 3.31. The van der Waals surface area contributed by atoms with Crippen LogP contribution in [0.4, 0.5) is 11.4 Å². The maximum absolute atomic E-state index is 11.3. The molecule has 0 heterocycles. The van der Waals surface area contributed by atoms with Crippen LogP contribution >= 0.6 is 15.9 Å². The second-order valence-electron chi connectivity index (χ2n) is 7.77. The third-order valence-corrected chi connectivity index (χ3v) is 10.1. The van der Waals surface area contributed by atoms with E-state index in [1.54, 1.807) is 19.1 Å². The number of anilines is 1. The number of halogens is 1. The molecule has 0 saturated carbocycles. The molecular formula is C17H29BrN2O4Si. The fourth-order valence-electron chi connectivity index (χ4n) is 2.03. The van der Waals surface area contributed by atoms with Crippen molar-refractivity contribution in [3.63, 3.8) is 0 Å². The van der Waals surface area contributed by atoms with E-state index in [1.165, 1.54) is 0 Å². The molecule has 1 atom stereocenters. The Hall–Kier alpha value is -0.963. The van der Waals surface area contributed by atoms with Gasteiger partial charge in [0.2, 0.25) is 0 Å². The van der Waals surface area contributed by atoms with Gasteiger partial charge in [0.15, 0.2) is 8.32 Å². The van der Waals surface area contributed by atoms with Crippen LogP contribution in [-0.2, 0) is 4.43 Å². The van der Waals surface area contributed by atoms with E-state index >= 15 is 0 Å². The minimum atomic E-state index is -1.88. The quantitative estimate of drug-likeness (QED) is 0.348. The molecule has 0 aliphatic carbocycles. The first-order valence-corrected chi connectivity index (χ1v) is 12.1. The summed E-state index contributed by atoms with van der Waals surface area (Å²) in [5.41, 5.74) is 1.10. The Labute approximate surface area is 159 Å². The van der Waals surface area contributed by atoms with Crippen LogP contribution in [0.25, 0.3) is 0 Å². The first-order valence-electron chi connectivity index (χ1n) is 8.36.